The number of alkyl halides is 3. The molecule has 0 aliphatic carbocycles. The summed E-state index contributed by atoms with van der Waals surface area (Å²) < 4.78 is 89.5. The topological polar surface area (TPSA) is 66.9 Å². The highest BCUT2D eigenvalue weighted by molar-refractivity contribution is 5.91. The number of aromatic nitrogens is 5. The Hall–Kier alpha value is -3.56. The van der Waals surface area contributed by atoms with E-state index in [2.05, 4.69) is 14.8 Å². The summed E-state index contributed by atoms with van der Waals surface area (Å²) in [5.74, 6) is -0.503. The summed E-state index contributed by atoms with van der Waals surface area (Å²) >= 11 is 0. The molecule has 0 saturated carbocycles. The molecule has 28 heavy (non-hydrogen) atoms. The van der Waals surface area contributed by atoms with Gasteiger partial charge in [-0.15, -0.1) is 13.2 Å². The molecule has 0 saturated heterocycles. The molecule has 4 rings (SSSR count). The van der Waals surface area contributed by atoms with Gasteiger partial charge in [-0.2, -0.15) is 5.10 Å². The van der Waals surface area contributed by atoms with E-state index in [1.807, 2.05) is 0 Å². The van der Waals surface area contributed by atoms with Crippen LogP contribution in [-0.2, 0) is 14.0 Å². The average molecular weight is 395 g/mol. The van der Waals surface area contributed by atoms with Crippen LogP contribution in [0.25, 0.3) is 27.8 Å². The third kappa shape index (κ3) is 3.13. The summed E-state index contributed by atoms with van der Waals surface area (Å²) in [5.41, 5.74) is -0.634. The molecule has 0 N–H and O–H groups in total. The van der Waals surface area contributed by atoms with E-state index in [0.29, 0.717) is 4.68 Å². The van der Waals surface area contributed by atoms with Crippen molar-refractivity contribution in [3.05, 3.63) is 59.5 Å². The number of ether oxygens (including phenoxy) is 1. The fourth-order valence-corrected chi connectivity index (χ4v) is 2.80. The largest absolute Gasteiger partial charge is 0.573 e. The van der Waals surface area contributed by atoms with Gasteiger partial charge in [-0.25, -0.2) is 4.98 Å². The standard InChI is InChI=1S/C18H14F3N5O2/c1-24-10-22-15-16(24)14(11-7-23-25(2)8-11)9-26(17(15)27)12-3-5-13(6-4-12)28-18(19,20)21/h3-10H,1-2H3/i1D3,2D3. The predicted molar refractivity (Wildman–Crippen MR) is 95.2 cm³/mol. The summed E-state index contributed by atoms with van der Waals surface area (Å²) in [6, 6.07) is 4.41. The highest BCUT2D eigenvalue weighted by Crippen LogP contribution is 2.28. The summed E-state index contributed by atoms with van der Waals surface area (Å²) in [6.45, 7) is -5.32. The highest BCUT2D eigenvalue weighted by atomic mass is 19.4. The third-order valence-corrected chi connectivity index (χ3v) is 3.94. The maximum atomic E-state index is 13.1. The predicted octanol–water partition coefficient (Wildman–Crippen LogP) is 3.02. The van der Waals surface area contributed by atoms with Crippen LogP contribution in [0, 0.1) is 0 Å². The van der Waals surface area contributed by atoms with E-state index in [-0.39, 0.29) is 27.8 Å². The third-order valence-electron chi connectivity index (χ3n) is 3.94. The van der Waals surface area contributed by atoms with Crippen molar-refractivity contribution in [3.63, 3.8) is 0 Å². The lowest BCUT2D eigenvalue weighted by molar-refractivity contribution is -0.274. The van der Waals surface area contributed by atoms with Crippen LogP contribution in [0.15, 0.2) is 54.0 Å². The van der Waals surface area contributed by atoms with E-state index < -0.39 is 31.6 Å². The molecular weight excluding hydrogens is 375 g/mol. The van der Waals surface area contributed by atoms with Gasteiger partial charge in [0.25, 0.3) is 5.56 Å². The van der Waals surface area contributed by atoms with Gasteiger partial charge in [0.2, 0.25) is 0 Å². The first kappa shape index (κ1) is 12.0. The molecule has 0 bridgehead atoms. The number of rotatable bonds is 3. The van der Waals surface area contributed by atoms with Crippen LogP contribution >= 0.6 is 0 Å². The Balaban J connectivity index is 1.94. The van der Waals surface area contributed by atoms with Gasteiger partial charge < -0.3 is 9.30 Å². The molecule has 10 heteroatoms. The van der Waals surface area contributed by atoms with Crippen molar-refractivity contribution in [2.45, 2.75) is 6.36 Å². The van der Waals surface area contributed by atoms with Crippen LogP contribution in [0.4, 0.5) is 13.2 Å². The SMILES string of the molecule is [2H]C([2H])([2H])n1cc(-c2cn(-c3ccc(OC(F)(F)F)cc3)c(=O)c3ncn(C([2H])([2H])[2H])c23)cn1. The van der Waals surface area contributed by atoms with E-state index in [1.165, 1.54) is 24.5 Å². The van der Waals surface area contributed by atoms with Gasteiger partial charge in [-0.3, -0.25) is 14.0 Å². The normalized spacial score (nSPS) is 16.0. The minimum Gasteiger partial charge on any atom is -0.406 e. The number of hydrogen-bond donors (Lipinski definition) is 0. The molecule has 0 fully saturated rings. The number of halogens is 3. The molecule has 7 nitrogen and oxygen atoms in total. The molecule has 3 aromatic heterocycles. The molecular formula is C18H14F3N5O2. The van der Waals surface area contributed by atoms with Gasteiger partial charge in [0, 0.05) is 51.4 Å². The van der Waals surface area contributed by atoms with Crippen molar-refractivity contribution in [2.75, 3.05) is 0 Å². The van der Waals surface area contributed by atoms with Gasteiger partial charge in [0.15, 0.2) is 5.52 Å². The van der Waals surface area contributed by atoms with Gasteiger partial charge in [-0.05, 0) is 24.3 Å². The zero-order valence-corrected chi connectivity index (χ0v) is 13.8. The van der Waals surface area contributed by atoms with E-state index in [4.69, 9.17) is 8.22 Å². The molecule has 144 valence electrons. The lowest BCUT2D eigenvalue weighted by Gasteiger charge is -2.12. The number of nitrogens with zero attached hydrogens (tertiary/aromatic N) is 5. The van der Waals surface area contributed by atoms with Crippen molar-refractivity contribution in [1.82, 2.24) is 23.9 Å². The van der Waals surface area contributed by atoms with Crippen molar-refractivity contribution < 1.29 is 26.1 Å². The van der Waals surface area contributed by atoms with Crippen LogP contribution in [0.2, 0.25) is 0 Å². The number of benzene rings is 1. The van der Waals surface area contributed by atoms with Gasteiger partial charge in [0.05, 0.1) is 18.0 Å². The van der Waals surface area contributed by atoms with Gasteiger partial charge >= 0.3 is 6.36 Å². The van der Waals surface area contributed by atoms with Crippen LogP contribution in [-0.4, -0.2) is 30.3 Å². The van der Waals surface area contributed by atoms with Crippen LogP contribution in [0.1, 0.15) is 8.22 Å². The van der Waals surface area contributed by atoms with E-state index >= 15 is 0 Å². The maximum Gasteiger partial charge on any atom is 0.573 e. The minimum atomic E-state index is -4.89. The summed E-state index contributed by atoms with van der Waals surface area (Å²) in [5, 5.41) is 3.79. The second kappa shape index (κ2) is 6.25. The Kier molecular flexibility index (Phi) is 2.68. The molecule has 0 amide bonds. The zero-order valence-electron chi connectivity index (χ0n) is 19.8. The molecule has 0 atom stereocenters. The molecule has 0 radical (unpaired) electrons. The summed E-state index contributed by atoms with van der Waals surface area (Å²) in [6.07, 6.45) is -0.341. The summed E-state index contributed by atoms with van der Waals surface area (Å²) in [4.78, 5) is 17.0. The minimum absolute atomic E-state index is 0.0802. The van der Waals surface area contributed by atoms with Crippen LogP contribution < -0.4 is 10.3 Å². The first-order chi connectivity index (χ1) is 15.6. The Labute approximate surface area is 164 Å². The van der Waals surface area contributed by atoms with Crippen molar-refractivity contribution in [3.8, 4) is 22.6 Å². The zero-order chi connectivity index (χ0) is 25.1. The van der Waals surface area contributed by atoms with Crippen LogP contribution in [0.3, 0.4) is 0 Å². The second-order valence-electron chi connectivity index (χ2n) is 5.74. The van der Waals surface area contributed by atoms with E-state index in [0.717, 1.165) is 33.8 Å². The Morgan fingerprint density at radius 1 is 1.14 bits per heavy atom. The van der Waals surface area contributed by atoms with Crippen molar-refractivity contribution >= 4 is 11.0 Å². The maximum absolute atomic E-state index is 13.1. The fraction of sp³-hybridized carbons (Fsp3) is 0.167. The quantitative estimate of drug-likeness (QED) is 0.535. The van der Waals surface area contributed by atoms with Crippen LogP contribution in [0.5, 0.6) is 5.75 Å². The lowest BCUT2D eigenvalue weighted by Crippen LogP contribution is -2.19. The highest BCUT2D eigenvalue weighted by Gasteiger charge is 2.31. The lowest BCUT2D eigenvalue weighted by atomic mass is 10.1. The number of imidazole rings is 1. The molecule has 0 aliphatic rings. The molecule has 0 aliphatic heterocycles. The van der Waals surface area contributed by atoms with E-state index in [9.17, 15) is 18.0 Å². The number of aryl methyl sites for hydroxylation is 2. The van der Waals surface area contributed by atoms with Gasteiger partial charge in [0.1, 0.15) is 5.75 Å². The molecule has 0 unspecified atom stereocenters. The second-order valence-corrected chi connectivity index (χ2v) is 5.74. The molecule has 4 aromatic rings. The van der Waals surface area contributed by atoms with E-state index in [1.54, 1.807) is 0 Å². The molecule has 0 spiro atoms. The smallest absolute Gasteiger partial charge is 0.406 e. The van der Waals surface area contributed by atoms with Crippen molar-refractivity contribution in [1.29, 1.82) is 0 Å². The van der Waals surface area contributed by atoms with Crippen molar-refractivity contribution in [2.24, 2.45) is 14.0 Å². The Morgan fingerprint density at radius 3 is 2.57 bits per heavy atom. The number of hydrogen-bond acceptors (Lipinski definition) is 4. The molecule has 3 heterocycles. The Bertz CT molecular complexity index is 1420. The monoisotopic (exact) mass is 395 g/mol. The first-order valence-corrected chi connectivity index (χ1v) is 7.70. The van der Waals surface area contributed by atoms with Gasteiger partial charge in [-0.1, -0.05) is 0 Å². The Morgan fingerprint density at radius 2 is 1.93 bits per heavy atom. The number of pyridine rings is 1. The molecule has 1 aromatic carbocycles. The summed E-state index contributed by atoms with van der Waals surface area (Å²) in [7, 11) is 0. The fourth-order valence-electron chi connectivity index (χ4n) is 2.80. The first-order valence-electron chi connectivity index (χ1n) is 10.7. The number of fused-ring (bicyclic) bond motifs is 1. The average Bonchev–Trinajstić information content (AvgIpc) is 3.35.